The smallest absolute Gasteiger partial charge is 0.416 e. The molecule has 0 atom stereocenters. The second-order valence-electron chi connectivity index (χ2n) is 5.12. The number of hydrogen-bond donors (Lipinski definition) is 1. The molecule has 1 N–H and O–H groups in total. The Kier molecular flexibility index (Phi) is 4.94. The average molecular weight is 381 g/mol. The van der Waals surface area contributed by atoms with Crippen LogP contribution in [0.3, 0.4) is 0 Å². The average Bonchev–Trinajstić information content (AvgIpc) is 3.26. The molecule has 0 bridgehead atoms. The summed E-state index contributed by atoms with van der Waals surface area (Å²) in [6.45, 7) is 0. The number of halogens is 3. The van der Waals surface area contributed by atoms with Crippen molar-refractivity contribution in [2.24, 2.45) is 0 Å². The number of H-pyrrole nitrogens is 1. The Morgan fingerprint density at radius 2 is 1.88 bits per heavy atom. The number of hydrogen-bond acceptors (Lipinski definition) is 6. The van der Waals surface area contributed by atoms with Crippen LogP contribution in [0.2, 0.25) is 0 Å². The van der Waals surface area contributed by atoms with E-state index in [1.165, 1.54) is 36.5 Å². The van der Waals surface area contributed by atoms with Crippen molar-refractivity contribution in [3.63, 3.8) is 0 Å². The van der Waals surface area contributed by atoms with Crippen LogP contribution in [0.4, 0.5) is 13.2 Å². The van der Waals surface area contributed by atoms with Gasteiger partial charge in [0.25, 0.3) is 5.78 Å². The molecule has 0 saturated heterocycles. The molecule has 0 aliphatic heterocycles. The number of rotatable bonds is 6. The lowest BCUT2D eigenvalue weighted by Gasteiger charge is -2.06. The molecule has 0 saturated carbocycles. The monoisotopic (exact) mass is 381 g/mol. The summed E-state index contributed by atoms with van der Waals surface area (Å²) in [6, 6.07) is 6.21. The number of carbonyl (C=O) groups excluding carboxylic acids is 2. The Hall–Kier alpha value is -2.88. The van der Waals surface area contributed by atoms with Gasteiger partial charge in [0.15, 0.2) is 0 Å². The molecule has 0 aliphatic carbocycles. The molecule has 0 spiro atoms. The van der Waals surface area contributed by atoms with Gasteiger partial charge in [-0.1, -0.05) is 11.8 Å². The number of furan rings is 1. The standard InChI is InChI=1S/C16H10F3N3O3S/c17-16(18,19)9-1-3-11(4-2-9)26-12-5-10(25-7-12)6-13(23)14(24)15-20-8-21-22-15/h1-5,7-8H,6H2,(H,20,21,22). The maximum Gasteiger partial charge on any atom is 0.416 e. The fraction of sp³-hybridized carbons (Fsp3) is 0.125. The molecule has 1 aromatic carbocycles. The van der Waals surface area contributed by atoms with Crippen LogP contribution in [-0.2, 0) is 17.4 Å². The number of benzene rings is 1. The minimum Gasteiger partial charge on any atom is -0.468 e. The van der Waals surface area contributed by atoms with E-state index < -0.39 is 23.3 Å². The molecule has 2 heterocycles. The van der Waals surface area contributed by atoms with Crippen LogP contribution in [0, 0.1) is 0 Å². The largest absolute Gasteiger partial charge is 0.468 e. The van der Waals surface area contributed by atoms with Gasteiger partial charge in [0, 0.05) is 4.90 Å². The Labute approximate surface area is 148 Å². The van der Waals surface area contributed by atoms with Crippen molar-refractivity contribution >= 4 is 23.3 Å². The van der Waals surface area contributed by atoms with E-state index in [-0.39, 0.29) is 18.0 Å². The molecule has 3 aromatic rings. The molecule has 134 valence electrons. The van der Waals surface area contributed by atoms with Crippen molar-refractivity contribution in [3.05, 3.63) is 60.1 Å². The van der Waals surface area contributed by atoms with Gasteiger partial charge in [-0.25, -0.2) is 4.98 Å². The van der Waals surface area contributed by atoms with E-state index in [2.05, 4.69) is 15.2 Å². The van der Waals surface area contributed by atoms with E-state index in [4.69, 9.17) is 4.42 Å². The summed E-state index contributed by atoms with van der Waals surface area (Å²) < 4.78 is 42.9. The lowest BCUT2D eigenvalue weighted by molar-refractivity contribution is -0.137. The molecule has 3 rings (SSSR count). The lowest BCUT2D eigenvalue weighted by atomic mass is 10.1. The topological polar surface area (TPSA) is 88.9 Å². The van der Waals surface area contributed by atoms with Crippen molar-refractivity contribution in [3.8, 4) is 0 Å². The van der Waals surface area contributed by atoms with E-state index in [0.717, 1.165) is 12.1 Å². The summed E-state index contributed by atoms with van der Waals surface area (Å²) in [6.07, 6.45) is -2.10. The highest BCUT2D eigenvalue weighted by atomic mass is 32.2. The minimum absolute atomic E-state index is 0.221. The molecule has 10 heteroatoms. The van der Waals surface area contributed by atoms with Crippen molar-refractivity contribution in [1.29, 1.82) is 0 Å². The zero-order valence-electron chi connectivity index (χ0n) is 12.9. The van der Waals surface area contributed by atoms with Crippen molar-refractivity contribution in [2.45, 2.75) is 22.4 Å². The molecule has 26 heavy (non-hydrogen) atoms. The van der Waals surface area contributed by atoms with Gasteiger partial charge in [0.05, 0.1) is 16.9 Å². The van der Waals surface area contributed by atoms with E-state index in [9.17, 15) is 22.8 Å². The summed E-state index contributed by atoms with van der Waals surface area (Å²) >= 11 is 1.17. The van der Waals surface area contributed by atoms with Gasteiger partial charge in [-0.3, -0.25) is 14.7 Å². The number of nitrogens with zero attached hydrogens (tertiary/aromatic N) is 2. The first-order valence-corrected chi connectivity index (χ1v) is 8.00. The minimum atomic E-state index is -4.39. The molecular weight excluding hydrogens is 371 g/mol. The zero-order valence-corrected chi connectivity index (χ0v) is 13.7. The van der Waals surface area contributed by atoms with E-state index in [1.807, 2.05) is 0 Å². The number of Topliss-reactive ketones (excluding diaryl/α,β-unsaturated/α-hetero) is 2. The predicted molar refractivity (Wildman–Crippen MR) is 83.7 cm³/mol. The molecule has 0 fully saturated rings. The van der Waals surface area contributed by atoms with Crippen molar-refractivity contribution in [1.82, 2.24) is 15.2 Å². The Morgan fingerprint density at radius 3 is 2.50 bits per heavy atom. The first-order chi connectivity index (χ1) is 12.3. The third-order valence-corrected chi connectivity index (χ3v) is 4.21. The van der Waals surface area contributed by atoms with Gasteiger partial charge < -0.3 is 4.42 Å². The summed E-state index contributed by atoms with van der Waals surface area (Å²) in [5.74, 6) is -1.53. The van der Waals surface area contributed by atoms with Crippen LogP contribution in [-0.4, -0.2) is 26.7 Å². The Bertz CT molecular complexity index is 918. The fourth-order valence-corrected chi connectivity index (χ4v) is 2.87. The molecule has 0 amide bonds. The van der Waals surface area contributed by atoms with Crippen LogP contribution in [0.5, 0.6) is 0 Å². The van der Waals surface area contributed by atoms with Crippen LogP contribution >= 0.6 is 11.8 Å². The lowest BCUT2D eigenvalue weighted by Crippen LogP contribution is -2.17. The number of nitrogens with one attached hydrogen (secondary N) is 1. The van der Waals surface area contributed by atoms with Crippen LogP contribution in [0.15, 0.2) is 57.1 Å². The van der Waals surface area contributed by atoms with Crippen molar-refractivity contribution < 1.29 is 27.2 Å². The van der Waals surface area contributed by atoms with Gasteiger partial charge in [0.2, 0.25) is 11.6 Å². The molecule has 0 aliphatic rings. The van der Waals surface area contributed by atoms with Gasteiger partial charge in [-0.15, -0.1) is 5.10 Å². The number of aromatic nitrogens is 3. The van der Waals surface area contributed by atoms with E-state index in [0.29, 0.717) is 9.79 Å². The fourth-order valence-electron chi connectivity index (χ4n) is 2.04. The van der Waals surface area contributed by atoms with Gasteiger partial charge in [-0.05, 0) is 30.3 Å². The third-order valence-electron chi connectivity index (χ3n) is 3.25. The van der Waals surface area contributed by atoms with Crippen LogP contribution in [0.25, 0.3) is 0 Å². The molecule has 2 aromatic heterocycles. The number of ketones is 2. The third kappa shape index (κ3) is 4.20. The maximum absolute atomic E-state index is 12.5. The highest BCUT2D eigenvalue weighted by molar-refractivity contribution is 7.99. The van der Waals surface area contributed by atoms with Gasteiger partial charge in [-0.2, -0.15) is 13.2 Å². The summed E-state index contributed by atoms with van der Waals surface area (Å²) in [5, 5.41) is 5.89. The van der Waals surface area contributed by atoms with E-state index >= 15 is 0 Å². The summed E-state index contributed by atoms with van der Waals surface area (Å²) in [7, 11) is 0. The maximum atomic E-state index is 12.5. The number of aromatic amines is 1. The highest BCUT2D eigenvalue weighted by Crippen LogP contribution is 2.33. The first-order valence-electron chi connectivity index (χ1n) is 7.19. The second-order valence-corrected chi connectivity index (χ2v) is 6.27. The molecule has 0 radical (unpaired) electrons. The Morgan fingerprint density at radius 1 is 1.15 bits per heavy atom. The van der Waals surface area contributed by atoms with Crippen LogP contribution < -0.4 is 0 Å². The first kappa shape index (κ1) is 17.9. The highest BCUT2D eigenvalue weighted by Gasteiger charge is 2.30. The normalized spacial score (nSPS) is 11.5. The Balaban J connectivity index is 1.63. The number of alkyl halides is 3. The number of carbonyl (C=O) groups is 2. The van der Waals surface area contributed by atoms with Crippen LogP contribution in [0.1, 0.15) is 21.9 Å². The second kappa shape index (κ2) is 7.16. The zero-order chi connectivity index (χ0) is 18.7. The van der Waals surface area contributed by atoms with Gasteiger partial charge >= 0.3 is 6.18 Å². The molecule has 0 unspecified atom stereocenters. The summed E-state index contributed by atoms with van der Waals surface area (Å²) in [4.78, 5) is 28.5. The SMILES string of the molecule is O=C(Cc1cc(Sc2ccc(C(F)(F)F)cc2)co1)C(=O)c1nc[nH]n1. The molecular formula is C16H10F3N3O3S. The quantitative estimate of drug-likeness (QED) is 0.519. The van der Waals surface area contributed by atoms with E-state index in [1.54, 1.807) is 6.07 Å². The predicted octanol–water partition coefficient (Wildman–Crippen LogP) is 3.56. The molecule has 6 nitrogen and oxygen atoms in total. The van der Waals surface area contributed by atoms with Gasteiger partial charge in [0.1, 0.15) is 18.4 Å². The van der Waals surface area contributed by atoms with Crippen molar-refractivity contribution in [2.75, 3.05) is 0 Å². The summed E-state index contributed by atoms with van der Waals surface area (Å²) in [5.41, 5.74) is -0.731.